The van der Waals surface area contributed by atoms with Gasteiger partial charge in [0.2, 0.25) is 0 Å². The van der Waals surface area contributed by atoms with Crippen molar-refractivity contribution in [2.45, 2.75) is 32.4 Å². The monoisotopic (exact) mass is 281 g/mol. The molecule has 1 unspecified atom stereocenters. The van der Waals surface area contributed by atoms with Crippen LogP contribution in [0.5, 0.6) is 0 Å². The Morgan fingerprint density at radius 2 is 2.35 bits per heavy atom. The van der Waals surface area contributed by atoms with Gasteiger partial charge >= 0.3 is 0 Å². The molecule has 1 heterocycles. The van der Waals surface area contributed by atoms with Crippen molar-refractivity contribution in [1.29, 1.82) is 0 Å². The topological polar surface area (TPSA) is 58.4 Å². The molecule has 20 heavy (non-hydrogen) atoms. The zero-order valence-electron chi connectivity index (χ0n) is 11.6. The molecule has 0 aliphatic carbocycles. The molecule has 0 aromatic heterocycles. The molecule has 2 rings (SSSR count). The second-order valence-electron chi connectivity index (χ2n) is 5.15. The molecular formula is C14H20FN3O2. The Hall–Kier alpha value is -1.53. The average Bonchev–Trinajstić information content (AvgIpc) is 2.90. The van der Waals surface area contributed by atoms with E-state index in [2.05, 4.69) is 10.2 Å². The number of rotatable bonds is 6. The van der Waals surface area contributed by atoms with Crippen molar-refractivity contribution < 1.29 is 9.31 Å². The summed E-state index contributed by atoms with van der Waals surface area (Å²) in [6.45, 7) is 5.07. The highest BCUT2D eigenvalue weighted by Gasteiger charge is 2.20. The number of nitro benzene ring substituents is 1. The van der Waals surface area contributed by atoms with Gasteiger partial charge in [-0.2, -0.15) is 0 Å². The fraction of sp³-hybridized carbons (Fsp3) is 0.571. The largest absolute Gasteiger partial charge is 0.313 e. The summed E-state index contributed by atoms with van der Waals surface area (Å²) in [5, 5.41) is 14.4. The first kappa shape index (κ1) is 14.9. The fourth-order valence-electron chi connectivity index (χ4n) is 2.63. The van der Waals surface area contributed by atoms with E-state index in [1.807, 2.05) is 6.92 Å². The zero-order chi connectivity index (χ0) is 14.5. The second kappa shape index (κ2) is 6.76. The highest BCUT2D eigenvalue weighted by atomic mass is 19.1. The summed E-state index contributed by atoms with van der Waals surface area (Å²) in [7, 11) is 0. The number of benzene rings is 1. The smallest absolute Gasteiger partial charge is 0.274 e. The molecule has 1 aliphatic heterocycles. The van der Waals surface area contributed by atoms with Crippen LogP contribution in [0.1, 0.15) is 25.3 Å². The van der Waals surface area contributed by atoms with Crippen molar-refractivity contribution in [2.75, 3.05) is 19.6 Å². The summed E-state index contributed by atoms with van der Waals surface area (Å²) in [4.78, 5) is 12.7. The van der Waals surface area contributed by atoms with E-state index >= 15 is 0 Å². The Balaban J connectivity index is 2.09. The lowest BCUT2D eigenvalue weighted by molar-refractivity contribution is -0.385. The van der Waals surface area contributed by atoms with Crippen molar-refractivity contribution >= 4 is 5.69 Å². The molecule has 6 heteroatoms. The van der Waals surface area contributed by atoms with Crippen molar-refractivity contribution in [2.24, 2.45) is 0 Å². The number of nitrogens with one attached hydrogen (secondary N) is 1. The van der Waals surface area contributed by atoms with Crippen LogP contribution in [0.3, 0.4) is 0 Å². The Bertz CT molecular complexity index is 475. The normalized spacial score (nSPS) is 18.6. The molecule has 5 nitrogen and oxygen atoms in total. The summed E-state index contributed by atoms with van der Waals surface area (Å²) >= 11 is 0. The van der Waals surface area contributed by atoms with Crippen LogP contribution in [0.25, 0.3) is 0 Å². The van der Waals surface area contributed by atoms with E-state index in [9.17, 15) is 14.5 Å². The SMILES string of the molecule is CCN(Cc1cc(F)ccc1[N+](=O)[O-])CC1CCCN1. The first-order valence-electron chi connectivity index (χ1n) is 6.98. The lowest BCUT2D eigenvalue weighted by atomic mass is 10.1. The average molecular weight is 281 g/mol. The molecule has 0 radical (unpaired) electrons. The minimum absolute atomic E-state index is 0.00997. The van der Waals surface area contributed by atoms with Gasteiger partial charge in [0.1, 0.15) is 5.82 Å². The lowest BCUT2D eigenvalue weighted by Gasteiger charge is -2.24. The van der Waals surface area contributed by atoms with Gasteiger partial charge in [-0.15, -0.1) is 0 Å². The minimum Gasteiger partial charge on any atom is -0.313 e. The van der Waals surface area contributed by atoms with E-state index in [4.69, 9.17) is 0 Å². The number of likely N-dealkylation sites (N-methyl/N-ethyl adjacent to an activating group) is 1. The van der Waals surface area contributed by atoms with Crippen molar-refractivity contribution in [1.82, 2.24) is 10.2 Å². The predicted molar refractivity (Wildman–Crippen MR) is 75.0 cm³/mol. The van der Waals surface area contributed by atoms with Crippen LogP contribution in [0.15, 0.2) is 18.2 Å². The van der Waals surface area contributed by atoms with Crippen molar-refractivity contribution in [3.05, 3.63) is 39.7 Å². The maximum atomic E-state index is 13.3. The molecule has 1 saturated heterocycles. The minimum atomic E-state index is -0.448. The van der Waals surface area contributed by atoms with Crippen LogP contribution >= 0.6 is 0 Å². The molecule has 0 spiro atoms. The summed E-state index contributed by atoms with van der Waals surface area (Å²) in [6.07, 6.45) is 2.30. The van der Waals surface area contributed by atoms with E-state index in [1.54, 1.807) is 0 Å². The summed E-state index contributed by atoms with van der Waals surface area (Å²) in [6, 6.07) is 4.08. The summed E-state index contributed by atoms with van der Waals surface area (Å²) in [5.74, 6) is -0.430. The fourth-order valence-corrected chi connectivity index (χ4v) is 2.63. The van der Waals surface area contributed by atoms with Gasteiger partial charge in [-0.25, -0.2) is 4.39 Å². The molecule has 0 amide bonds. The van der Waals surface area contributed by atoms with Gasteiger partial charge in [0, 0.05) is 30.8 Å². The van der Waals surface area contributed by atoms with Gasteiger partial charge < -0.3 is 5.32 Å². The first-order valence-corrected chi connectivity index (χ1v) is 6.98. The quantitative estimate of drug-likeness (QED) is 0.642. The molecule has 0 saturated carbocycles. The van der Waals surface area contributed by atoms with E-state index in [0.29, 0.717) is 18.2 Å². The molecule has 0 bridgehead atoms. The zero-order valence-corrected chi connectivity index (χ0v) is 11.6. The van der Waals surface area contributed by atoms with E-state index in [-0.39, 0.29) is 5.69 Å². The van der Waals surface area contributed by atoms with Gasteiger partial charge in [0.25, 0.3) is 5.69 Å². The maximum absolute atomic E-state index is 13.3. The van der Waals surface area contributed by atoms with Crippen LogP contribution < -0.4 is 5.32 Å². The maximum Gasteiger partial charge on any atom is 0.274 e. The first-order chi connectivity index (χ1) is 9.60. The Morgan fingerprint density at radius 1 is 1.55 bits per heavy atom. The molecule has 1 fully saturated rings. The van der Waals surface area contributed by atoms with E-state index in [0.717, 1.165) is 32.1 Å². The van der Waals surface area contributed by atoms with Crippen LogP contribution in [0.2, 0.25) is 0 Å². The van der Waals surface area contributed by atoms with Gasteiger partial charge in [-0.1, -0.05) is 6.92 Å². The van der Waals surface area contributed by atoms with E-state index in [1.165, 1.54) is 18.6 Å². The molecule has 1 N–H and O–H groups in total. The number of nitrogens with zero attached hydrogens (tertiary/aromatic N) is 2. The Kier molecular flexibility index (Phi) is 5.03. The van der Waals surface area contributed by atoms with Gasteiger partial charge in [-0.05, 0) is 38.1 Å². The number of hydrogen-bond donors (Lipinski definition) is 1. The van der Waals surface area contributed by atoms with Crippen molar-refractivity contribution in [3.8, 4) is 0 Å². The number of halogens is 1. The Labute approximate surface area is 117 Å². The van der Waals surface area contributed by atoms with Crippen LogP contribution in [-0.4, -0.2) is 35.5 Å². The van der Waals surface area contributed by atoms with E-state index < -0.39 is 10.7 Å². The third-order valence-electron chi connectivity index (χ3n) is 3.72. The van der Waals surface area contributed by atoms with Gasteiger partial charge in [0.15, 0.2) is 0 Å². The molecule has 1 atom stereocenters. The van der Waals surface area contributed by atoms with Crippen LogP contribution in [-0.2, 0) is 6.54 Å². The molecule has 1 aliphatic rings. The second-order valence-corrected chi connectivity index (χ2v) is 5.15. The predicted octanol–water partition coefficient (Wildman–Crippen LogP) is 2.31. The van der Waals surface area contributed by atoms with Gasteiger partial charge in [-0.3, -0.25) is 15.0 Å². The molecule has 110 valence electrons. The van der Waals surface area contributed by atoms with Crippen LogP contribution in [0, 0.1) is 15.9 Å². The Morgan fingerprint density at radius 3 is 2.95 bits per heavy atom. The number of hydrogen-bond acceptors (Lipinski definition) is 4. The van der Waals surface area contributed by atoms with Crippen LogP contribution in [0.4, 0.5) is 10.1 Å². The molecule has 1 aromatic rings. The van der Waals surface area contributed by atoms with Gasteiger partial charge in [0.05, 0.1) is 4.92 Å². The van der Waals surface area contributed by atoms with Crippen molar-refractivity contribution in [3.63, 3.8) is 0 Å². The molecular weight excluding hydrogens is 261 g/mol. The number of nitro groups is 1. The third kappa shape index (κ3) is 3.74. The molecule has 1 aromatic carbocycles. The summed E-state index contributed by atoms with van der Waals surface area (Å²) in [5.41, 5.74) is 0.430. The standard InChI is InChI=1S/C14H20FN3O2/c1-2-17(10-13-4-3-7-16-13)9-11-8-12(15)5-6-14(11)18(19)20/h5-6,8,13,16H,2-4,7,9-10H2,1H3. The highest BCUT2D eigenvalue weighted by Crippen LogP contribution is 2.21. The third-order valence-corrected chi connectivity index (χ3v) is 3.72. The lowest BCUT2D eigenvalue weighted by Crippen LogP contribution is -2.37. The summed E-state index contributed by atoms with van der Waals surface area (Å²) < 4.78 is 13.3. The highest BCUT2D eigenvalue weighted by molar-refractivity contribution is 5.40.